The predicted molar refractivity (Wildman–Crippen MR) is 100 cm³/mol. The van der Waals surface area contributed by atoms with Gasteiger partial charge in [-0.1, -0.05) is 13.3 Å². The Balaban J connectivity index is 1.75. The van der Waals surface area contributed by atoms with Crippen LogP contribution in [0.15, 0.2) is 41.2 Å². The molecule has 1 amide bonds. The van der Waals surface area contributed by atoms with Crippen molar-refractivity contribution in [3.8, 4) is 17.0 Å². The zero-order valence-corrected chi connectivity index (χ0v) is 15.3. The Hall–Kier alpha value is -2.63. The maximum Gasteiger partial charge on any atom is 0.266 e. The molecule has 2 aromatic rings. The average molecular weight is 355 g/mol. The first kappa shape index (κ1) is 18.2. The highest BCUT2D eigenvalue weighted by molar-refractivity contribution is 5.79. The number of nitrogens with one attached hydrogen (secondary N) is 1. The molecule has 1 N–H and O–H groups in total. The summed E-state index contributed by atoms with van der Waals surface area (Å²) in [6.45, 7) is 2.38. The number of amides is 1. The summed E-state index contributed by atoms with van der Waals surface area (Å²) in [5.41, 5.74) is 1.46. The number of benzene rings is 1. The van der Waals surface area contributed by atoms with Crippen LogP contribution in [0.3, 0.4) is 0 Å². The molecule has 0 aliphatic heterocycles. The van der Waals surface area contributed by atoms with E-state index in [-0.39, 0.29) is 23.4 Å². The van der Waals surface area contributed by atoms with E-state index in [4.69, 9.17) is 4.74 Å². The van der Waals surface area contributed by atoms with Crippen LogP contribution in [0, 0.1) is 5.92 Å². The van der Waals surface area contributed by atoms with Gasteiger partial charge in [0.15, 0.2) is 0 Å². The van der Waals surface area contributed by atoms with E-state index in [1.165, 1.54) is 10.7 Å². The van der Waals surface area contributed by atoms with Crippen LogP contribution in [0.25, 0.3) is 11.3 Å². The van der Waals surface area contributed by atoms with Crippen molar-refractivity contribution < 1.29 is 9.53 Å². The van der Waals surface area contributed by atoms with Crippen LogP contribution in [-0.2, 0) is 11.3 Å². The van der Waals surface area contributed by atoms with Gasteiger partial charge in [-0.2, -0.15) is 5.10 Å². The summed E-state index contributed by atoms with van der Waals surface area (Å²) >= 11 is 0. The molecule has 0 unspecified atom stereocenters. The number of ether oxygens (including phenoxy) is 1. The van der Waals surface area contributed by atoms with Crippen molar-refractivity contribution in [2.75, 3.05) is 7.11 Å². The smallest absolute Gasteiger partial charge is 0.266 e. The Bertz CT molecular complexity index is 810. The van der Waals surface area contributed by atoms with Gasteiger partial charge in [0, 0.05) is 23.6 Å². The lowest BCUT2D eigenvalue weighted by Crippen LogP contribution is -2.44. The van der Waals surface area contributed by atoms with Gasteiger partial charge in [-0.25, -0.2) is 4.68 Å². The van der Waals surface area contributed by atoms with Crippen molar-refractivity contribution in [2.24, 2.45) is 5.92 Å². The molecule has 1 atom stereocenters. The highest BCUT2D eigenvalue weighted by Gasteiger charge is 2.26. The van der Waals surface area contributed by atoms with Gasteiger partial charge in [-0.15, -0.1) is 0 Å². The molecule has 1 aliphatic carbocycles. The molecule has 1 saturated carbocycles. The first-order valence-corrected chi connectivity index (χ1v) is 9.13. The van der Waals surface area contributed by atoms with E-state index >= 15 is 0 Å². The third kappa shape index (κ3) is 4.12. The Kier molecular flexibility index (Phi) is 5.71. The summed E-state index contributed by atoms with van der Waals surface area (Å²) in [7, 11) is 1.62. The van der Waals surface area contributed by atoms with Crippen molar-refractivity contribution in [3.63, 3.8) is 0 Å². The van der Waals surface area contributed by atoms with Crippen molar-refractivity contribution >= 4 is 5.91 Å². The quantitative estimate of drug-likeness (QED) is 0.829. The van der Waals surface area contributed by atoms with Gasteiger partial charge >= 0.3 is 0 Å². The molecule has 6 heteroatoms. The van der Waals surface area contributed by atoms with Gasteiger partial charge in [-0.05, 0) is 49.6 Å². The van der Waals surface area contributed by atoms with E-state index in [2.05, 4.69) is 10.4 Å². The van der Waals surface area contributed by atoms with Crippen LogP contribution < -0.4 is 15.6 Å². The van der Waals surface area contributed by atoms with Crippen molar-refractivity contribution in [3.05, 3.63) is 46.8 Å². The molecule has 1 aromatic carbocycles. The fourth-order valence-corrected chi connectivity index (χ4v) is 2.97. The third-order valence-corrected chi connectivity index (χ3v) is 4.96. The first-order chi connectivity index (χ1) is 12.6. The van der Waals surface area contributed by atoms with Crippen molar-refractivity contribution in [1.82, 2.24) is 15.1 Å². The van der Waals surface area contributed by atoms with Gasteiger partial charge in [-0.3, -0.25) is 9.59 Å². The minimum atomic E-state index is -0.168. The Morgan fingerprint density at radius 1 is 1.27 bits per heavy atom. The molecule has 6 nitrogen and oxygen atoms in total. The lowest BCUT2D eigenvalue weighted by molar-refractivity contribution is -0.128. The number of hydrogen-bond acceptors (Lipinski definition) is 4. The van der Waals surface area contributed by atoms with E-state index in [1.54, 1.807) is 13.2 Å². The molecule has 0 spiro atoms. The summed E-state index contributed by atoms with van der Waals surface area (Å²) in [4.78, 5) is 24.4. The zero-order chi connectivity index (χ0) is 18.5. The Morgan fingerprint density at radius 3 is 2.58 bits per heavy atom. The average Bonchev–Trinajstić information content (AvgIpc) is 2.61. The molecule has 3 rings (SSSR count). The largest absolute Gasteiger partial charge is 0.497 e. The fourth-order valence-electron chi connectivity index (χ4n) is 2.97. The standard InChI is InChI=1S/C20H25N3O3/c1-3-16(21-20(25)15-5-4-6-15)13-23-19(24)12-11-18(22-23)14-7-9-17(26-2)10-8-14/h7-12,15-16H,3-6,13H2,1-2H3,(H,21,25)/t16-/m1/s1. The van der Waals surface area contributed by atoms with Gasteiger partial charge in [0.25, 0.3) is 5.56 Å². The molecule has 0 radical (unpaired) electrons. The van der Waals surface area contributed by atoms with Gasteiger partial charge in [0.1, 0.15) is 5.75 Å². The van der Waals surface area contributed by atoms with E-state index in [0.29, 0.717) is 12.2 Å². The van der Waals surface area contributed by atoms with Crippen LogP contribution >= 0.6 is 0 Å². The second kappa shape index (κ2) is 8.17. The highest BCUT2D eigenvalue weighted by Crippen LogP contribution is 2.26. The lowest BCUT2D eigenvalue weighted by Gasteiger charge is -2.27. The molecule has 1 heterocycles. The lowest BCUT2D eigenvalue weighted by atomic mass is 9.84. The first-order valence-electron chi connectivity index (χ1n) is 9.13. The summed E-state index contributed by atoms with van der Waals surface area (Å²) < 4.78 is 6.61. The maximum atomic E-state index is 12.2. The molecule has 1 fully saturated rings. The zero-order valence-electron chi connectivity index (χ0n) is 15.3. The number of carbonyl (C=O) groups excluding carboxylic acids is 1. The molecular formula is C20H25N3O3. The van der Waals surface area contributed by atoms with Gasteiger partial charge in [0.05, 0.1) is 19.3 Å². The number of aromatic nitrogens is 2. The number of hydrogen-bond donors (Lipinski definition) is 1. The molecule has 0 saturated heterocycles. The van der Waals surface area contributed by atoms with Gasteiger partial charge < -0.3 is 10.1 Å². The summed E-state index contributed by atoms with van der Waals surface area (Å²) in [5, 5.41) is 7.55. The molecular weight excluding hydrogens is 330 g/mol. The van der Waals surface area contributed by atoms with Crippen LogP contribution in [0.2, 0.25) is 0 Å². The predicted octanol–water partition coefficient (Wildman–Crippen LogP) is 2.61. The SMILES string of the molecule is CC[C@H](Cn1nc(-c2ccc(OC)cc2)ccc1=O)NC(=O)C1CCC1. The normalized spacial score (nSPS) is 15.2. The number of nitrogens with zero attached hydrogens (tertiary/aromatic N) is 2. The van der Waals surface area contributed by atoms with E-state index in [0.717, 1.165) is 37.0 Å². The minimum absolute atomic E-state index is 0.0978. The van der Waals surface area contributed by atoms with Crippen LogP contribution in [0.4, 0.5) is 0 Å². The van der Waals surface area contributed by atoms with E-state index < -0.39 is 0 Å². The molecule has 1 aliphatic rings. The van der Waals surface area contributed by atoms with E-state index in [1.807, 2.05) is 31.2 Å². The molecule has 26 heavy (non-hydrogen) atoms. The molecule has 0 bridgehead atoms. The van der Waals surface area contributed by atoms with Gasteiger partial charge in [0.2, 0.25) is 5.91 Å². The Labute approximate surface area is 153 Å². The summed E-state index contributed by atoms with van der Waals surface area (Å²) in [6.07, 6.45) is 3.81. The van der Waals surface area contributed by atoms with Crippen LogP contribution in [0.5, 0.6) is 5.75 Å². The molecule has 1 aromatic heterocycles. The van der Waals surface area contributed by atoms with E-state index in [9.17, 15) is 9.59 Å². The van der Waals surface area contributed by atoms with Crippen molar-refractivity contribution in [2.45, 2.75) is 45.2 Å². The summed E-state index contributed by atoms with van der Waals surface area (Å²) in [6, 6.07) is 10.7. The highest BCUT2D eigenvalue weighted by atomic mass is 16.5. The minimum Gasteiger partial charge on any atom is -0.497 e. The van der Waals surface area contributed by atoms with Crippen LogP contribution in [-0.4, -0.2) is 28.8 Å². The fraction of sp³-hybridized carbons (Fsp3) is 0.450. The number of methoxy groups -OCH3 is 1. The molecule has 138 valence electrons. The second-order valence-corrected chi connectivity index (χ2v) is 6.71. The topological polar surface area (TPSA) is 73.2 Å². The van der Waals surface area contributed by atoms with Crippen molar-refractivity contribution in [1.29, 1.82) is 0 Å². The second-order valence-electron chi connectivity index (χ2n) is 6.71. The monoisotopic (exact) mass is 355 g/mol. The summed E-state index contributed by atoms with van der Waals surface area (Å²) in [5.74, 6) is 1.01. The number of carbonyl (C=O) groups is 1. The Morgan fingerprint density at radius 2 is 2.00 bits per heavy atom. The van der Waals surface area contributed by atoms with Crippen LogP contribution in [0.1, 0.15) is 32.6 Å². The number of rotatable bonds is 7. The third-order valence-electron chi connectivity index (χ3n) is 4.96. The maximum absolute atomic E-state index is 12.2.